The Kier molecular flexibility index (Phi) is 18.2. The maximum Gasteiger partial charge on any atom is 0.226 e. The van der Waals surface area contributed by atoms with Crippen molar-refractivity contribution in [3.05, 3.63) is 84.6 Å². The number of aliphatic hydroxyl groups excluding tert-OH is 1. The van der Waals surface area contributed by atoms with Gasteiger partial charge in [0.2, 0.25) is 11.8 Å². The van der Waals surface area contributed by atoms with Crippen LogP contribution in [0.3, 0.4) is 0 Å². The maximum absolute atomic E-state index is 14.4. The molecule has 0 saturated heterocycles. The lowest BCUT2D eigenvalue weighted by molar-refractivity contribution is -0.203. The van der Waals surface area contributed by atoms with E-state index in [9.17, 15) is 14.7 Å². The molecule has 61 heavy (non-hydrogen) atoms. The zero-order chi connectivity index (χ0) is 44.0. The lowest BCUT2D eigenvalue weighted by Gasteiger charge is -2.71. The summed E-state index contributed by atoms with van der Waals surface area (Å²) in [5.41, 5.74) is 1.71. The van der Waals surface area contributed by atoms with Crippen LogP contribution in [0.4, 0.5) is 0 Å². The second-order valence-corrected chi connectivity index (χ2v) is 20.8. The molecule has 340 valence electrons. The summed E-state index contributed by atoms with van der Waals surface area (Å²) in [7, 11) is 0. The molecule has 0 spiro atoms. The Morgan fingerprint density at radius 3 is 1.93 bits per heavy atom. The van der Waals surface area contributed by atoms with Crippen molar-refractivity contribution in [3.8, 4) is 0 Å². The van der Waals surface area contributed by atoms with Crippen molar-refractivity contribution < 1.29 is 19.4 Å². The minimum atomic E-state index is -0.346. The van der Waals surface area contributed by atoms with Gasteiger partial charge in [0.1, 0.15) is 0 Å². The fourth-order valence-electron chi connectivity index (χ4n) is 13.5. The summed E-state index contributed by atoms with van der Waals surface area (Å²) >= 11 is 0. The van der Waals surface area contributed by atoms with E-state index in [1.54, 1.807) is 5.57 Å². The molecule has 5 aliphatic carbocycles. The van der Waals surface area contributed by atoms with Crippen molar-refractivity contribution in [3.63, 3.8) is 0 Å². The van der Waals surface area contributed by atoms with Gasteiger partial charge in [-0.25, -0.2) is 0 Å². The Balaban J connectivity index is 0.978. The molecular weight excluding hydrogens is 753 g/mol. The number of rotatable bonds is 21. The van der Waals surface area contributed by atoms with Crippen LogP contribution in [-0.2, 0) is 14.3 Å². The van der Waals surface area contributed by atoms with Crippen LogP contribution in [0.25, 0.3) is 0 Å². The maximum atomic E-state index is 14.4. The molecule has 6 nitrogen and oxygen atoms in total. The van der Waals surface area contributed by atoms with E-state index >= 15 is 0 Å². The molecule has 0 aromatic carbocycles. The Bertz CT molecular complexity index is 1650. The predicted octanol–water partition coefficient (Wildman–Crippen LogP) is 12.5. The molecule has 9 atom stereocenters. The van der Waals surface area contributed by atoms with E-state index in [2.05, 4.69) is 138 Å². The second-order valence-electron chi connectivity index (χ2n) is 20.8. The van der Waals surface area contributed by atoms with Crippen molar-refractivity contribution in [1.29, 1.82) is 0 Å². The summed E-state index contributed by atoms with van der Waals surface area (Å²) in [5.74, 6) is 2.18. The highest BCUT2D eigenvalue weighted by Crippen LogP contribution is 2.75. The number of aliphatic hydroxyl groups is 1. The normalized spacial score (nSPS) is 34.8. The van der Waals surface area contributed by atoms with Gasteiger partial charge in [0, 0.05) is 19.5 Å². The van der Waals surface area contributed by atoms with Crippen molar-refractivity contribution >= 4 is 11.8 Å². The molecule has 3 N–H and O–H groups in total. The molecule has 2 amide bonds. The number of hydrogen-bond acceptors (Lipinski definition) is 4. The zero-order valence-corrected chi connectivity index (χ0v) is 39.6. The Morgan fingerprint density at radius 2 is 1.31 bits per heavy atom. The fourth-order valence-corrected chi connectivity index (χ4v) is 13.5. The summed E-state index contributed by atoms with van der Waals surface area (Å²) in [6.45, 7) is 18.9. The average molecular weight is 839 g/mol. The first-order valence-corrected chi connectivity index (χ1v) is 24.7. The van der Waals surface area contributed by atoms with Crippen LogP contribution in [-0.4, -0.2) is 49.3 Å². The summed E-state index contributed by atoms with van der Waals surface area (Å²) in [5, 5.41) is 17.4. The molecule has 0 aromatic rings. The first kappa shape index (κ1) is 49.1. The van der Waals surface area contributed by atoms with Gasteiger partial charge in [-0.05, 0) is 142 Å². The topological polar surface area (TPSA) is 87.7 Å². The molecule has 5 rings (SSSR count). The molecule has 4 fully saturated rings. The number of ether oxygens (including phenoxy) is 1. The number of allylic oxidation sites excluding steroid dienone is 14. The monoisotopic (exact) mass is 839 g/mol. The number of nitrogens with one attached hydrogen (secondary N) is 2. The highest BCUT2D eigenvalue weighted by atomic mass is 16.5. The van der Waals surface area contributed by atoms with Gasteiger partial charge in [-0.3, -0.25) is 9.59 Å². The lowest BCUT2D eigenvalue weighted by atomic mass is 9.33. The van der Waals surface area contributed by atoms with Gasteiger partial charge >= 0.3 is 0 Å². The van der Waals surface area contributed by atoms with Gasteiger partial charge in [0.15, 0.2) is 0 Å². The summed E-state index contributed by atoms with van der Waals surface area (Å²) in [4.78, 5) is 26.7. The van der Waals surface area contributed by atoms with E-state index in [-0.39, 0.29) is 50.9 Å². The predicted molar refractivity (Wildman–Crippen MR) is 255 cm³/mol. The van der Waals surface area contributed by atoms with Crippen LogP contribution in [0.15, 0.2) is 84.6 Å². The first-order chi connectivity index (χ1) is 29.3. The van der Waals surface area contributed by atoms with Crippen LogP contribution in [0.5, 0.6) is 0 Å². The molecule has 0 aromatic heterocycles. The smallest absolute Gasteiger partial charge is 0.226 e. The molecule has 0 bridgehead atoms. The van der Waals surface area contributed by atoms with Gasteiger partial charge in [-0.2, -0.15) is 0 Å². The first-order valence-electron chi connectivity index (χ1n) is 24.7. The van der Waals surface area contributed by atoms with Gasteiger partial charge in [0.05, 0.1) is 24.7 Å². The van der Waals surface area contributed by atoms with Crippen LogP contribution in [0.2, 0.25) is 0 Å². The number of carbonyl (C=O) groups excluding carboxylic acids is 2. The highest BCUT2D eigenvalue weighted by molar-refractivity contribution is 5.84. The number of amides is 2. The third-order valence-electron chi connectivity index (χ3n) is 17.0. The van der Waals surface area contributed by atoms with Crippen LogP contribution < -0.4 is 10.6 Å². The van der Waals surface area contributed by atoms with Crippen molar-refractivity contribution in [2.45, 2.75) is 170 Å². The van der Waals surface area contributed by atoms with Crippen molar-refractivity contribution in [2.24, 2.45) is 50.7 Å². The third-order valence-corrected chi connectivity index (χ3v) is 17.0. The number of fused-ring (bicyclic) bond motifs is 7. The molecule has 6 heteroatoms. The minimum absolute atomic E-state index is 0.0398. The van der Waals surface area contributed by atoms with Crippen molar-refractivity contribution in [1.82, 2.24) is 10.6 Å². The number of carbonyl (C=O) groups is 2. The molecule has 5 aliphatic rings. The SMILES string of the molecule is CCC=CCC=CCC=CCC=CCC=CCC=CCCC(=O)NCCOCCNC(=O)C12CCCC(C)C1C1=CCC3C4(C)CCC(O)C(C)(C)C4CCC3(C)C1(C)CC2. The summed E-state index contributed by atoms with van der Waals surface area (Å²) in [6.07, 6.45) is 46.6. The molecule has 0 heterocycles. The van der Waals surface area contributed by atoms with Gasteiger partial charge < -0.3 is 20.5 Å². The van der Waals surface area contributed by atoms with Gasteiger partial charge in [-0.15, -0.1) is 0 Å². The van der Waals surface area contributed by atoms with E-state index in [0.29, 0.717) is 50.5 Å². The van der Waals surface area contributed by atoms with Crippen LogP contribution in [0, 0.1) is 50.7 Å². The molecule has 4 saturated carbocycles. The fraction of sp³-hybridized carbons (Fsp3) is 0.709. The minimum Gasteiger partial charge on any atom is -0.393 e. The quantitative estimate of drug-likeness (QED) is 0.0794. The average Bonchev–Trinajstić information content (AvgIpc) is 3.23. The van der Waals surface area contributed by atoms with Gasteiger partial charge in [-0.1, -0.05) is 146 Å². The number of hydrogen-bond donors (Lipinski definition) is 3. The van der Waals surface area contributed by atoms with Crippen molar-refractivity contribution in [2.75, 3.05) is 26.3 Å². The highest BCUT2D eigenvalue weighted by Gasteiger charge is 2.69. The summed E-state index contributed by atoms with van der Waals surface area (Å²) in [6, 6.07) is 0. The Morgan fingerprint density at radius 1 is 0.721 bits per heavy atom. The van der Waals surface area contributed by atoms with E-state index in [1.807, 2.05) is 0 Å². The third kappa shape index (κ3) is 11.2. The summed E-state index contributed by atoms with van der Waals surface area (Å²) < 4.78 is 5.88. The largest absolute Gasteiger partial charge is 0.393 e. The Labute approximate surface area is 372 Å². The standard InChI is InChI=1S/C55H86N2O4/c1-8-9-10-11-12-13-14-15-16-17-18-19-20-21-22-23-24-25-26-29-48(59)56-39-41-61-42-40-57-50(60)55-34-27-28-43(2)49(55)44-30-31-46-52(5)35-33-47(58)51(3,4)45(52)32-36-54(46,7)53(44,6)37-38-55/h9-10,12-13,15-16,18-19,21-22,24-25,30,43,45-47,49,58H,8,11,14,17,20,23,26-29,31-42H2,1-7H3,(H,56,59)(H,57,60). The molecule has 0 radical (unpaired) electrons. The van der Waals surface area contributed by atoms with E-state index in [0.717, 1.165) is 89.9 Å². The van der Waals surface area contributed by atoms with Gasteiger partial charge in [0.25, 0.3) is 0 Å². The van der Waals surface area contributed by atoms with E-state index < -0.39 is 0 Å². The Hall–Kier alpha value is -2.96. The van der Waals surface area contributed by atoms with Crippen LogP contribution in [0.1, 0.15) is 164 Å². The molecular formula is C55H86N2O4. The van der Waals surface area contributed by atoms with E-state index in [4.69, 9.17) is 4.74 Å². The lowest BCUT2D eigenvalue weighted by Crippen LogP contribution is -2.65. The molecule has 9 unspecified atom stereocenters. The van der Waals surface area contributed by atoms with E-state index in [1.165, 1.54) is 19.3 Å². The molecule has 0 aliphatic heterocycles. The zero-order valence-electron chi connectivity index (χ0n) is 39.6. The van der Waals surface area contributed by atoms with Crippen LogP contribution >= 0.6 is 0 Å². The second kappa shape index (κ2) is 22.6.